The molecule has 1 aromatic rings. The summed E-state index contributed by atoms with van der Waals surface area (Å²) in [4.78, 5) is 2.24. The lowest BCUT2D eigenvalue weighted by atomic mass is 9.85. The molecular weight excluding hydrogens is 226 g/mol. The van der Waals surface area contributed by atoms with Crippen LogP contribution in [0.25, 0.3) is 0 Å². The molecule has 1 rings (SSSR count). The summed E-state index contributed by atoms with van der Waals surface area (Å²) >= 11 is 0. The van der Waals surface area contributed by atoms with E-state index >= 15 is 0 Å². The van der Waals surface area contributed by atoms with E-state index in [1.807, 2.05) is 18.7 Å². The van der Waals surface area contributed by atoms with Gasteiger partial charge in [0.25, 0.3) is 0 Å². The van der Waals surface area contributed by atoms with E-state index in [0.717, 1.165) is 18.5 Å². The van der Waals surface area contributed by atoms with E-state index in [4.69, 9.17) is 5.84 Å². The molecule has 2 unspecified atom stereocenters. The normalized spacial score (nSPS) is 16.9. The summed E-state index contributed by atoms with van der Waals surface area (Å²) in [5, 5.41) is 4.39. The first-order chi connectivity index (χ1) is 8.35. The quantitative estimate of drug-likeness (QED) is 0.582. The van der Waals surface area contributed by atoms with E-state index in [9.17, 15) is 0 Å². The smallest absolute Gasteiger partial charge is 0.0596 e. The van der Waals surface area contributed by atoms with Gasteiger partial charge in [0.2, 0.25) is 0 Å². The largest absolute Gasteiger partial charge is 0.302 e. The second-order valence-corrected chi connectivity index (χ2v) is 5.43. The van der Waals surface area contributed by atoms with Crippen LogP contribution in [-0.4, -0.2) is 40.4 Å². The lowest BCUT2D eigenvalue weighted by Crippen LogP contribution is -2.59. The molecule has 18 heavy (non-hydrogen) atoms. The maximum atomic E-state index is 5.77. The molecule has 2 atom stereocenters. The van der Waals surface area contributed by atoms with Gasteiger partial charge in [-0.05, 0) is 40.4 Å². The third-order valence-corrected chi connectivity index (χ3v) is 4.20. The number of nitrogens with two attached hydrogens (primary N) is 1. The SMILES string of the molecule is CCC(C)(C(Cc1cc(C)nn1C)NN)N(C)C. The Morgan fingerprint density at radius 1 is 1.56 bits per heavy atom. The average molecular weight is 253 g/mol. The Kier molecular flexibility index (Phi) is 4.90. The topological polar surface area (TPSA) is 59.1 Å². The van der Waals surface area contributed by atoms with Crippen LogP contribution in [0, 0.1) is 6.92 Å². The minimum absolute atomic E-state index is 0.0208. The lowest BCUT2D eigenvalue weighted by Gasteiger charge is -2.42. The van der Waals surface area contributed by atoms with Gasteiger partial charge in [0.15, 0.2) is 0 Å². The van der Waals surface area contributed by atoms with Crippen molar-refractivity contribution in [2.75, 3.05) is 14.1 Å². The Bertz CT molecular complexity index is 385. The maximum absolute atomic E-state index is 5.77. The fourth-order valence-electron chi connectivity index (χ4n) is 2.40. The van der Waals surface area contributed by atoms with Gasteiger partial charge in [-0.25, -0.2) is 0 Å². The van der Waals surface area contributed by atoms with Crippen LogP contribution in [-0.2, 0) is 13.5 Å². The van der Waals surface area contributed by atoms with Crippen LogP contribution in [0.4, 0.5) is 0 Å². The van der Waals surface area contributed by atoms with Crippen molar-refractivity contribution in [2.45, 2.75) is 45.2 Å². The summed E-state index contributed by atoms with van der Waals surface area (Å²) in [5.74, 6) is 5.77. The first-order valence-electron chi connectivity index (χ1n) is 6.48. The minimum Gasteiger partial charge on any atom is -0.302 e. The number of aryl methyl sites for hydroxylation is 2. The van der Waals surface area contributed by atoms with E-state index in [1.165, 1.54) is 5.69 Å². The van der Waals surface area contributed by atoms with Gasteiger partial charge in [-0.15, -0.1) is 0 Å². The standard InChI is InChI=1S/C13H27N5/c1-7-13(3,17(4)5)12(15-14)9-11-8-10(2)16-18(11)6/h8,12,15H,7,9,14H2,1-6H3. The van der Waals surface area contributed by atoms with Crippen LogP contribution in [0.5, 0.6) is 0 Å². The highest BCUT2D eigenvalue weighted by Gasteiger charge is 2.34. The van der Waals surface area contributed by atoms with Crippen molar-refractivity contribution in [3.05, 3.63) is 17.5 Å². The molecular formula is C13H27N5. The molecule has 5 heteroatoms. The van der Waals surface area contributed by atoms with Crippen LogP contribution in [0.2, 0.25) is 0 Å². The van der Waals surface area contributed by atoms with E-state index in [-0.39, 0.29) is 11.6 Å². The van der Waals surface area contributed by atoms with E-state index < -0.39 is 0 Å². The second kappa shape index (κ2) is 5.82. The molecule has 0 aliphatic carbocycles. The zero-order valence-corrected chi connectivity index (χ0v) is 12.5. The zero-order chi connectivity index (χ0) is 13.9. The second-order valence-electron chi connectivity index (χ2n) is 5.43. The summed E-state index contributed by atoms with van der Waals surface area (Å²) in [6.45, 7) is 6.44. The first kappa shape index (κ1) is 15.1. The molecule has 0 aliphatic rings. The Labute approximate surface area is 110 Å². The predicted octanol–water partition coefficient (Wildman–Crippen LogP) is 0.833. The van der Waals surface area contributed by atoms with Crippen molar-refractivity contribution in [3.63, 3.8) is 0 Å². The number of nitrogens with one attached hydrogen (secondary N) is 1. The third kappa shape index (κ3) is 2.91. The molecule has 0 radical (unpaired) electrons. The number of hydrazine groups is 1. The average Bonchev–Trinajstić information content (AvgIpc) is 2.63. The Morgan fingerprint density at radius 2 is 2.17 bits per heavy atom. The molecule has 104 valence electrons. The molecule has 0 amide bonds. The number of aromatic nitrogens is 2. The van der Waals surface area contributed by atoms with Crippen molar-refractivity contribution < 1.29 is 0 Å². The third-order valence-electron chi connectivity index (χ3n) is 4.20. The molecule has 3 N–H and O–H groups in total. The highest BCUT2D eigenvalue weighted by Crippen LogP contribution is 2.23. The summed E-state index contributed by atoms with van der Waals surface area (Å²) in [7, 11) is 6.18. The summed E-state index contributed by atoms with van der Waals surface area (Å²) in [5.41, 5.74) is 5.25. The Balaban J connectivity index is 2.94. The van der Waals surface area contributed by atoms with Crippen LogP contribution in [0.1, 0.15) is 31.7 Å². The van der Waals surface area contributed by atoms with Gasteiger partial charge >= 0.3 is 0 Å². The zero-order valence-electron chi connectivity index (χ0n) is 12.5. The summed E-state index contributed by atoms with van der Waals surface area (Å²) in [6, 6.07) is 2.31. The summed E-state index contributed by atoms with van der Waals surface area (Å²) < 4.78 is 1.94. The minimum atomic E-state index is 0.0208. The van der Waals surface area contributed by atoms with Crippen molar-refractivity contribution in [1.29, 1.82) is 0 Å². The number of hydrogen-bond donors (Lipinski definition) is 2. The lowest BCUT2D eigenvalue weighted by molar-refractivity contribution is 0.111. The Hall–Kier alpha value is -0.910. The molecule has 1 heterocycles. The fourth-order valence-corrected chi connectivity index (χ4v) is 2.40. The van der Waals surface area contributed by atoms with Crippen molar-refractivity contribution >= 4 is 0 Å². The molecule has 5 nitrogen and oxygen atoms in total. The number of likely N-dealkylation sites (N-methyl/N-ethyl adjacent to an activating group) is 1. The van der Waals surface area contributed by atoms with Crippen molar-refractivity contribution in [1.82, 2.24) is 20.1 Å². The molecule has 0 spiro atoms. The monoisotopic (exact) mass is 253 g/mol. The van der Waals surface area contributed by atoms with Crippen LogP contribution < -0.4 is 11.3 Å². The van der Waals surface area contributed by atoms with Crippen LogP contribution >= 0.6 is 0 Å². The fraction of sp³-hybridized carbons (Fsp3) is 0.769. The van der Waals surface area contributed by atoms with E-state index in [0.29, 0.717) is 0 Å². The molecule has 0 bridgehead atoms. The van der Waals surface area contributed by atoms with Gasteiger partial charge in [0, 0.05) is 30.7 Å². The van der Waals surface area contributed by atoms with Crippen molar-refractivity contribution in [3.8, 4) is 0 Å². The van der Waals surface area contributed by atoms with Crippen LogP contribution in [0.3, 0.4) is 0 Å². The van der Waals surface area contributed by atoms with E-state index in [2.05, 4.69) is 49.4 Å². The highest BCUT2D eigenvalue weighted by molar-refractivity contribution is 5.12. The van der Waals surface area contributed by atoms with Gasteiger partial charge in [0.05, 0.1) is 5.69 Å². The highest BCUT2D eigenvalue weighted by atomic mass is 15.3. The molecule has 1 aromatic heterocycles. The Morgan fingerprint density at radius 3 is 2.50 bits per heavy atom. The maximum Gasteiger partial charge on any atom is 0.0596 e. The van der Waals surface area contributed by atoms with Crippen molar-refractivity contribution in [2.24, 2.45) is 12.9 Å². The van der Waals surface area contributed by atoms with Gasteiger partial charge in [-0.1, -0.05) is 6.92 Å². The molecule has 0 aromatic carbocycles. The van der Waals surface area contributed by atoms with E-state index in [1.54, 1.807) is 0 Å². The molecule has 0 saturated carbocycles. The predicted molar refractivity (Wildman–Crippen MR) is 75.1 cm³/mol. The summed E-state index contributed by atoms with van der Waals surface area (Å²) in [6.07, 6.45) is 1.90. The van der Waals surface area contributed by atoms with Gasteiger partial charge < -0.3 is 4.90 Å². The number of rotatable bonds is 6. The molecule has 0 fully saturated rings. The van der Waals surface area contributed by atoms with Crippen LogP contribution in [0.15, 0.2) is 6.07 Å². The van der Waals surface area contributed by atoms with Gasteiger partial charge in [0.1, 0.15) is 0 Å². The number of nitrogens with zero attached hydrogens (tertiary/aromatic N) is 3. The first-order valence-corrected chi connectivity index (χ1v) is 6.48. The number of hydrogen-bond acceptors (Lipinski definition) is 4. The molecule has 0 saturated heterocycles. The van der Waals surface area contributed by atoms with Gasteiger partial charge in [-0.2, -0.15) is 5.10 Å². The molecule has 0 aliphatic heterocycles. The van der Waals surface area contributed by atoms with Gasteiger partial charge in [-0.3, -0.25) is 16.0 Å².